The van der Waals surface area contributed by atoms with Crippen LogP contribution in [0.4, 0.5) is 5.69 Å². The van der Waals surface area contributed by atoms with E-state index in [0.29, 0.717) is 6.61 Å². The second-order valence-electron chi connectivity index (χ2n) is 3.69. The molecule has 0 atom stereocenters. The molecule has 0 aliphatic rings. The molecule has 2 rings (SSSR count). The van der Waals surface area contributed by atoms with Gasteiger partial charge in [0.1, 0.15) is 0 Å². The Morgan fingerprint density at radius 2 is 2.06 bits per heavy atom. The molecule has 0 amide bonds. The summed E-state index contributed by atoms with van der Waals surface area (Å²) in [4.78, 5) is 0. The SMILES string of the molecule is COCc1ccccc1NCc1cscc1Br. The summed E-state index contributed by atoms with van der Waals surface area (Å²) in [5.74, 6) is 0. The molecule has 1 aromatic heterocycles. The number of anilines is 1. The van der Waals surface area contributed by atoms with Crippen LogP contribution >= 0.6 is 27.3 Å². The smallest absolute Gasteiger partial charge is 0.0733 e. The van der Waals surface area contributed by atoms with E-state index in [1.807, 2.05) is 12.1 Å². The Labute approximate surface area is 114 Å². The molecule has 0 saturated heterocycles. The van der Waals surface area contributed by atoms with Gasteiger partial charge in [-0.25, -0.2) is 0 Å². The van der Waals surface area contributed by atoms with Crippen molar-refractivity contribution in [2.24, 2.45) is 0 Å². The third-order valence-corrected chi connectivity index (χ3v) is 4.31. The van der Waals surface area contributed by atoms with Crippen LogP contribution in [0.25, 0.3) is 0 Å². The maximum absolute atomic E-state index is 5.18. The number of ether oxygens (including phenoxy) is 1. The monoisotopic (exact) mass is 311 g/mol. The van der Waals surface area contributed by atoms with Crippen LogP contribution < -0.4 is 5.32 Å². The standard InChI is InChI=1S/C13H14BrNOS/c1-16-7-10-4-2-3-5-13(10)15-6-11-8-17-9-12(11)14/h2-5,8-9,15H,6-7H2,1H3. The van der Waals surface area contributed by atoms with E-state index in [1.54, 1.807) is 18.4 Å². The van der Waals surface area contributed by atoms with Gasteiger partial charge in [-0.2, -0.15) is 11.3 Å². The molecule has 90 valence electrons. The van der Waals surface area contributed by atoms with Gasteiger partial charge in [0.2, 0.25) is 0 Å². The van der Waals surface area contributed by atoms with Crippen LogP contribution in [0.3, 0.4) is 0 Å². The maximum Gasteiger partial charge on any atom is 0.0733 e. The summed E-state index contributed by atoms with van der Waals surface area (Å²) in [5.41, 5.74) is 3.59. The molecule has 0 spiro atoms. The molecule has 0 bridgehead atoms. The summed E-state index contributed by atoms with van der Waals surface area (Å²) in [7, 11) is 1.71. The van der Waals surface area contributed by atoms with Crippen LogP contribution in [0, 0.1) is 0 Å². The minimum Gasteiger partial charge on any atom is -0.381 e. The molecule has 0 radical (unpaired) electrons. The largest absolute Gasteiger partial charge is 0.381 e. The van der Waals surface area contributed by atoms with Crippen LogP contribution in [0.5, 0.6) is 0 Å². The topological polar surface area (TPSA) is 21.3 Å². The highest BCUT2D eigenvalue weighted by Gasteiger charge is 2.03. The zero-order chi connectivity index (χ0) is 12.1. The number of thiophene rings is 1. The average Bonchev–Trinajstić information content (AvgIpc) is 2.74. The van der Waals surface area contributed by atoms with Crippen molar-refractivity contribution in [1.29, 1.82) is 0 Å². The number of methoxy groups -OCH3 is 1. The first-order valence-electron chi connectivity index (χ1n) is 5.32. The van der Waals surface area contributed by atoms with Gasteiger partial charge in [0.25, 0.3) is 0 Å². The minimum absolute atomic E-state index is 0.633. The fourth-order valence-corrected chi connectivity index (χ4v) is 3.04. The van der Waals surface area contributed by atoms with E-state index in [1.165, 1.54) is 15.6 Å². The molecule has 2 aromatic rings. The van der Waals surface area contributed by atoms with Crippen LogP contribution in [-0.4, -0.2) is 7.11 Å². The Balaban J connectivity index is 2.06. The van der Waals surface area contributed by atoms with E-state index in [4.69, 9.17) is 4.74 Å². The van der Waals surface area contributed by atoms with Crippen molar-refractivity contribution < 1.29 is 4.74 Å². The number of hydrogen-bond donors (Lipinski definition) is 1. The van der Waals surface area contributed by atoms with Gasteiger partial charge in [-0.1, -0.05) is 18.2 Å². The molecule has 0 saturated carbocycles. The van der Waals surface area contributed by atoms with Gasteiger partial charge >= 0.3 is 0 Å². The van der Waals surface area contributed by atoms with Crippen molar-refractivity contribution in [3.05, 3.63) is 50.6 Å². The fourth-order valence-electron chi connectivity index (χ4n) is 1.60. The number of halogens is 1. The number of hydrogen-bond acceptors (Lipinski definition) is 3. The van der Waals surface area contributed by atoms with Crippen molar-refractivity contribution in [3.63, 3.8) is 0 Å². The van der Waals surface area contributed by atoms with Crippen LogP contribution in [0.2, 0.25) is 0 Å². The molecule has 2 nitrogen and oxygen atoms in total. The number of rotatable bonds is 5. The third kappa shape index (κ3) is 3.31. The Kier molecular flexibility index (Phi) is 4.59. The van der Waals surface area contributed by atoms with Crippen LogP contribution in [0.15, 0.2) is 39.5 Å². The summed E-state index contributed by atoms with van der Waals surface area (Å²) in [6, 6.07) is 8.22. The molecular weight excluding hydrogens is 298 g/mol. The zero-order valence-electron chi connectivity index (χ0n) is 9.57. The third-order valence-electron chi connectivity index (χ3n) is 2.48. The summed E-state index contributed by atoms with van der Waals surface area (Å²) in [5, 5.41) is 7.68. The quantitative estimate of drug-likeness (QED) is 0.890. The molecule has 0 aliphatic carbocycles. The van der Waals surface area contributed by atoms with Gasteiger partial charge in [-0.15, -0.1) is 0 Å². The second-order valence-corrected chi connectivity index (χ2v) is 5.29. The van der Waals surface area contributed by atoms with Crippen molar-refractivity contribution >= 4 is 33.0 Å². The molecule has 1 heterocycles. The van der Waals surface area contributed by atoms with E-state index in [-0.39, 0.29) is 0 Å². The van der Waals surface area contributed by atoms with E-state index >= 15 is 0 Å². The lowest BCUT2D eigenvalue weighted by Gasteiger charge is -2.11. The molecule has 0 fully saturated rings. The Hall–Kier alpha value is -0.840. The maximum atomic E-state index is 5.18. The summed E-state index contributed by atoms with van der Waals surface area (Å²) in [6.07, 6.45) is 0. The predicted molar refractivity (Wildman–Crippen MR) is 76.5 cm³/mol. The van der Waals surface area contributed by atoms with Crippen molar-refractivity contribution in [1.82, 2.24) is 0 Å². The average molecular weight is 312 g/mol. The Bertz CT molecular complexity index is 484. The van der Waals surface area contributed by atoms with Crippen molar-refractivity contribution in [2.45, 2.75) is 13.2 Å². The molecular formula is C13H14BrNOS. The van der Waals surface area contributed by atoms with Crippen LogP contribution in [0.1, 0.15) is 11.1 Å². The zero-order valence-corrected chi connectivity index (χ0v) is 12.0. The normalized spacial score (nSPS) is 10.5. The van der Waals surface area contributed by atoms with Gasteiger partial charge in [-0.3, -0.25) is 0 Å². The summed E-state index contributed by atoms with van der Waals surface area (Å²) >= 11 is 5.24. The lowest BCUT2D eigenvalue weighted by molar-refractivity contribution is 0.185. The van der Waals surface area contributed by atoms with Gasteiger partial charge in [0, 0.05) is 34.8 Å². The second kappa shape index (κ2) is 6.19. The summed E-state index contributed by atoms with van der Waals surface area (Å²) < 4.78 is 6.35. The number of para-hydroxylation sites is 1. The molecule has 4 heteroatoms. The van der Waals surface area contributed by atoms with Gasteiger partial charge in [0.05, 0.1) is 6.61 Å². The van der Waals surface area contributed by atoms with Crippen molar-refractivity contribution in [2.75, 3.05) is 12.4 Å². The first-order chi connectivity index (χ1) is 8.31. The highest BCUT2D eigenvalue weighted by atomic mass is 79.9. The lowest BCUT2D eigenvalue weighted by Crippen LogP contribution is -2.02. The molecule has 17 heavy (non-hydrogen) atoms. The molecule has 1 aromatic carbocycles. The Morgan fingerprint density at radius 3 is 2.76 bits per heavy atom. The van der Waals surface area contributed by atoms with E-state index in [9.17, 15) is 0 Å². The minimum atomic E-state index is 0.633. The number of benzene rings is 1. The molecule has 0 unspecified atom stereocenters. The van der Waals surface area contributed by atoms with Gasteiger partial charge in [0.15, 0.2) is 0 Å². The first kappa shape index (κ1) is 12.6. The van der Waals surface area contributed by atoms with Gasteiger partial charge < -0.3 is 10.1 Å². The highest BCUT2D eigenvalue weighted by molar-refractivity contribution is 9.10. The first-order valence-corrected chi connectivity index (χ1v) is 7.06. The number of nitrogens with one attached hydrogen (secondary N) is 1. The van der Waals surface area contributed by atoms with Gasteiger partial charge in [-0.05, 0) is 32.9 Å². The fraction of sp³-hybridized carbons (Fsp3) is 0.231. The van der Waals surface area contributed by atoms with E-state index in [0.717, 1.165) is 12.2 Å². The summed E-state index contributed by atoms with van der Waals surface area (Å²) in [6.45, 7) is 1.46. The van der Waals surface area contributed by atoms with E-state index < -0.39 is 0 Å². The van der Waals surface area contributed by atoms with Crippen molar-refractivity contribution in [3.8, 4) is 0 Å². The van der Waals surface area contributed by atoms with E-state index in [2.05, 4.69) is 44.1 Å². The molecule has 0 aliphatic heterocycles. The van der Waals surface area contributed by atoms with Crippen LogP contribution in [-0.2, 0) is 17.9 Å². The predicted octanol–water partition coefficient (Wildman–Crippen LogP) is 4.27. The Morgan fingerprint density at radius 1 is 1.24 bits per heavy atom. The lowest BCUT2D eigenvalue weighted by atomic mass is 10.2. The highest BCUT2D eigenvalue weighted by Crippen LogP contribution is 2.23. The molecule has 1 N–H and O–H groups in total.